The number of carbonyl (C=O) groups is 1. The van der Waals surface area contributed by atoms with Crippen LogP contribution in [-0.2, 0) is 4.74 Å². The molecule has 1 fully saturated rings. The maximum Gasteiger partial charge on any atom is 0.369 e. The second-order valence-corrected chi connectivity index (χ2v) is 6.02. The van der Waals surface area contributed by atoms with Gasteiger partial charge in [-0.25, -0.2) is 9.48 Å². The number of nitrogens with zero attached hydrogens (tertiary/aromatic N) is 6. The van der Waals surface area contributed by atoms with Crippen molar-refractivity contribution in [2.45, 2.75) is 35.3 Å². The summed E-state index contributed by atoms with van der Waals surface area (Å²) in [7, 11) is 0. The Kier molecular flexibility index (Phi) is 3.42. The van der Waals surface area contributed by atoms with E-state index < -0.39 is 5.97 Å². The summed E-state index contributed by atoms with van der Waals surface area (Å²) >= 11 is 2.49. The number of aromatic nitrogens is 6. The fourth-order valence-electron chi connectivity index (χ4n) is 1.41. The molecule has 1 saturated carbocycles. The van der Waals surface area contributed by atoms with Crippen LogP contribution < -0.4 is 0 Å². The first-order chi connectivity index (χ1) is 9.28. The van der Waals surface area contributed by atoms with Gasteiger partial charge in [0.2, 0.25) is 10.2 Å². The lowest BCUT2D eigenvalue weighted by molar-refractivity contribution is 0.0525. The molecule has 2 heterocycles. The van der Waals surface area contributed by atoms with Gasteiger partial charge >= 0.3 is 5.97 Å². The molecule has 0 bridgehead atoms. The largest absolute Gasteiger partial charge is 0.461 e. The van der Waals surface area contributed by atoms with E-state index in [1.165, 1.54) is 23.1 Å². The summed E-state index contributed by atoms with van der Waals surface area (Å²) < 4.78 is 7.28. The van der Waals surface area contributed by atoms with E-state index in [0.29, 0.717) is 22.1 Å². The third-order valence-electron chi connectivity index (χ3n) is 2.39. The Labute approximate surface area is 116 Å². The van der Waals surface area contributed by atoms with Crippen LogP contribution in [0, 0.1) is 0 Å². The van der Waals surface area contributed by atoms with Crippen molar-refractivity contribution >= 4 is 29.1 Å². The molecule has 19 heavy (non-hydrogen) atoms. The minimum atomic E-state index is -0.450. The van der Waals surface area contributed by atoms with Crippen molar-refractivity contribution in [3.05, 3.63) is 5.01 Å². The predicted octanol–water partition coefficient (Wildman–Crippen LogP) is 1.19. The lowest BCUT2D eigenvalue weighted by atomic mass is 10.7. The van der Waals surface area contributed by atoms with Crippen LogP contribution in [0.25, 0.3) is 0 Å². The Morgan fingerprint density at radius 1 is 1.47 bits per heavy atom. The summed E-state index contributed by atoms with van der Waals surface area (Å²) in [6.07, 6.45) is 2.20. The minimum Gasteiger partial charge on any atom is -0.461 e. The number of hydrogen-bond acceptors (Lipinski definition) is 9. The number of esters is 1. The van der Waals surface area contributed by atoms with Crippen molar-refractivity contribution in [2.75, 3.05) is 6.61 Å². The van der Waals surface area contributed by atoms with E-state index in [2.05, 4.69) is 25.7 Å². The quantitative estimate of drug-likeness (QED) is 0.759. The van der Waals surface area contributed by atoms with E-state index in [4.69, 9.17) is 4.74 Å². The Morgan fingerprint density at radius 2 is 2.32 bits per heavy atom. The van der Waals surface area contributed by atoms with Gasteiger partial charge in [0.05, 0.1) is 12.6 Å². The fraction of sp³-hybridized carbons (Fsp3) is 0.556. The molecule has 1 aliphatic carbocycles. The number of ether oxygens (including phenoxy) is 1. The molecular formula is C9H10N6O2S2. The van der Waals surface area contributed by atoms with E-state index in [9.17, 15) is 4.79 Å². The molecule has 100 valence electrons. The van der Waals surface area contributed by atoms with Gasteiger partial charge in [0.15, 0.2) is 4.34 Å². The van der Waals surface area contributed by atoms with Gasteiger partial charge < -0.3 is 4.74 Å². The van der Waals surface area contributed by atoms with Gasteiger partial charge in [-0.1, -0.05) is 11.3 Å². The molecule has 0 aromatic carbocycles. The molecule has 1 aliphatic rings. The summed E-state index contributed by atoms with van der Waals surface area (Å²) in [6.45, 7) is 2.07. The third kappa shape index (κ3) is 2.73. The van der Waals surface area contributed by atoms with Crippen LogP contribution >= 0.6 is 23.1 Å². The highest BCUT2D eigenvalue weighted by Crippen LogP contribution is 2.38. The molecule has 10 heteroatoms. The maximum absolute atomic E-state index is 11.5. The van der Waals surface area contributed by atoms with Gasteiger partial charge in [0.1, 0.15) is 0 Å². The molecule has 0 amide bonds. The van der Waals surface area contributed by atoms with Gasteiger partial charge in [0, 0.05) is 0 Å². The summed E-state index contributed by atoms with van der Waals surface area (Å²) in [5, 5.41) is 20.2. The van der Waals surface area contributed by atoms with Crippen LogP contribution in [0.1, 0.15) is 35.6 Å². The zero-order chi connectivity index (χ0) is 13.2. The maximum atomic E-state index is 11.5. The number of rotatable bonds is 5. The summed E-state index contributed by atoms with van der Waals surface area (Å²) in [6, 6.07) is 0.398. The number of carbonyl (C=O) groups excluding carboxylic acids is 1. The highest BCUT2D eigenvalue weighted by atomic mass is 32.2. The lowest BCUT2D eigenvalue weighted by Gasteiger charge is -1.98. The van der Waals surface area contributed by atoms with Crippen LogP contribution in [0.15, 0.2) is 9.50 Å². The van der Waals surface area contributed by atoms with Gasteiger partial charge in [-0.3, -0.25) is 0 Å². The van der Waals surface area contributed by atoms with Crippen molar-refractivity contribution in [1.82, 2.24) is 30.4 Å². The van der Waals surface area contributed by atoms with Crippen LogP contribution in [0.3, 0.4) is 0 Å². The lowest BCUT2D eigenvalue weighted by Crippen LogP contribution is -2.03. The fourth-order valence-corrected chi connectivity index (χ4v) is 3.10. The first kappa shape index (κ1) is 12.5. The van der Waals surface area contributed by atoms with Gasteiger partial charge in [0.25, 0.3) is 0 Å². The minimum absolute atomic E-state index is 0.245. The SMILES string of the molecule is CCOC(=O)c1nnc(Sc2nnnn2C2CC2)s1. The molecule has 3 rings (SSSR count). The van der Waals surface area contributed by atoms with Crippen LogP contribution in [0.4, 0.5) is 0 Å². The summed E-state index contributed by atoms with van der Waals surface area (Å²) in [4.78, 5) is 11.5. The zero-order valence-electron chi connectivity index (χ0n) is 10.0. The molecule has 2 aromatic rings. The molecule has 0 unspecified atom stereocenters. The van der Waals surface area contributed by atoms with E-state index in [-0.39, 0.29) is 5.01 Å². The monoisotopic (exact) mass is 298 g/mol. The Morgan fingerprint density at radius 3 is 3.05 bits per heavy atom. The second-order valence-electron chi connectivity index (χ2n) is 3.83. The number of tetrazole rings is 1. The molecule has 0 aliphatic heterocycles. The van der Waals surface area contributed by atoms with Gasteiger partial charge in [-0.15, -0.1) is 15.3 Å². The van der Waals surface area contributed by atoms with E-state index >= 15 is 0 Å². The van der Waals surface area contributed by atoms with Crippen molar-refractivity contribution < 1.29 is 9.53 Å². The predicted molar refractivity (Wildman–Crippen MR) is 66.1 cm³/mol. The summed E-state index contributed by atoms with van der Waals surface area (Å²) in [5.74, 6) is -0.450. The normalized spacial score (nSPS) is 14.6. The topological polar surface area (TPSA) is 95.7 Å². The molecule has 0 spiro atoms. The molecule has 0 radical (unpaired) electrons. The first-order valence-electron chi connectivity index (χ1n) is 5.74. The first-order valence-corrected chi connectivity index (χ1v) is 7.37. The van der Waals surface area contributed by atoms with Crippen LogP contribution in [-0.4, -0.2) is 43.0 Å². The highest BCUT2D eigenvalue weighted by molar-refractivity contribution is 8.00. The van der Waals surface area contributed by atoms with Crippen LogP contribution in [0.5, 0.6) is 0 Å². The zero-order valence-corrected chi connectivity index (χ0v) is 11.6. The summed E-state index contributed by atoms with van der Waals surface area (Å²) in [5.41, 5.74) is 0. The molecule has 0 atom stereocenters. The molecular weight excluding hydrogens is 288 g/mol. The van der Waals surface area contributed by atoms with Crippen molar-refractivity contribution in [3.8, 4) is 0 Å². The highest BCUT2D eigenvalue weighted by Gasteiger charge is 2.28. The van der Waals surface area contributed by atoms with Gasteiger partial charge in [-0.05, 0) is 42.0 Å². The van der Waals surface area contributed by atoms with E-state index in [1.807, 2.05) is 0 Å². The van der Waals surface area contributed by atoms with E-state index in [0.717, 1.165) is 12.8 Å². The molecule has 8 nitrogen and oxygen atoms in total. The smallest absolute Gasteiger partial charge is 0.369 e. The second kappa shape index (κ2) is 5.21. The standard InChI is InChI=1S/C9H10N6O2S2/c1-2-17-7(16)6-10-12-9(18-6)19-8-11-13-14-15(8)5-3-4-5/h5H,2-4H2,1H3. The number of hydrogen-bond donors (Lipinski definition) is 0. The average Bonchev–Trinajstić information content (AvgIpc) is 2.96. The third-order valence-corrected chi connectivity index (χ3v) is 4.30. The van der Waals surface area contributed by atoms with Gasteiger partial charge in [-0.2, -0.15) is 0 Å². The van der Waals surface area contributed by atoms with Crippen molar-refractivity contribution in [3.63, 3.8) is 0 Å². The molecule has 2 aromatic heterocycles. The Bertz CT molecular complexity index is 593. The van der Waals surface area contributed by atoms with Crippen LogP contribution in [0.2, 0.25) is 0 Å². The Hall–Kier alpha value is -1.55. The molecule has 0 saturated heterocycles. The van der Waals surface area contributed by atoms with E-state index in [1.54, 1.807) is 11.6 Å². The van der Waals surface area contributed by atoms with Crippen molar-refractivity contribution in [1.29, 1.82) is 0 Å². The van der Waals surface area contributed by atoms with Crippen molar-refractivity contribution in [2.24, 2.45) is 0 Å². The Balaban J connectivity index is 1.72. The average molecular weight is 298 g/mol. The molecule has 0 N–H and O–H groups in total.